The second kappa shape index (κ2) is 7.76. The smallest absolute Gasteiger partial charge is 0.0937 e. The van der Waals surface area contributed by atoms with Gasteiger partial charge >= 0.3 is 0 Å². The van der Waals surface area contributed by atoms with E-state index < -0.39 is 0 Å². The lowest BCUT2D eigenvalue weighted by Crippen LogP contribution is -2.25. The van der Waals surface area contributed by atoms with Crippen LogP contribution in [0.5, 0.6) is 0 Å². The molecule has 0 aliphatic carbocycles. The van der Waals surface area contributed by atoms with E-state index in [0.29, 0.717) is 13.2 Å². The van der Waals surface area contributed by atoms with Gasteiger partial charge in [0.2, 0.25) is 0 Å². The summed E-state index contributed by atoms with van der Waals surface area (Å²) in [5.41, 5.74) is 0. The summed E-state index contributed by atoms with van der Waals surface area (Å²) >= 11 is 1.69. The quantitative estimate of drug-likeness (QED) is 0.665. The zero-order chi connectivity index (χ0) is 10.9. The summed E-state index contributed by atoms with van der Waals surface area (Å²) in [5, 5.41) is 11.7. The number of likely N-dealkylation sites (N-methyl/N-ethyl adjacent to an activating group) is 1. The van der Waals surface area contributed by atoms with Gasteiger partial charge in [-0.1, -0.05) is 0 Å². The highest BCUT2D eigenvalue weighted by Gasteiger charge is 2.00. The van der Waals surface area contributed by atoms with Gasteiger partial charge in [0.15, 0.2) is 0 Å². The number of ether oxygens (including phenoxy) is 1. The standard InChI is InChI=1S/C10H18N2O2S/c1-12(5-7-14-8-6-13)4-2-10-11-3-9-15-10/h3,9,13H,2,4-8H2,1H3. The molecule has 0 atom stereocenters. The lowest BCUT2D eigenvalue weighted by Gasteiger charge is -2.15. The zero-order valence-electron chi connectivity index (χ0n) is 9.06. The van der Waals surface area contributed by atoms with Crippen molar-refractivity contribution in [1.82, 2.24) is 9.88 Å². The van der Waals surface area contributed by atoms with E-state index in [1.165, 1.54) is 5.01 Å². The van der Waals surface area contributed by atoms with Crippen LogP contribution in [-0.2, 0) is 11.2 Å². The van der Waals surface area contributed by atoms with E-state index in [1.54, 1.807) is 11.3 Å². The lowest BCUT2D eigenvalue weighted by atomic mass is 10.4. The molecular formula is C10H18N2O2S. The number of hydrogen-bond acceptors (Lipinski definition) is 5. The Balaban J connectivity index is 2.01. The Bertz CT molecular complexity index is 242. The molecule has 0 aliphatic rings. The highest BCUT2D eigenvalue weighted by atomic mass is 32.1. The van der Waals surface area contributed by atoms with Gasteiger partial charge in [-0.25, -0.2) is 4.98 Å². The number of thiazole rings is 1. The topological polar surface area (TPSA) is 45.6 Å². The van der Waals surface area contributed by atoms with E-state index >= 15 is 0 Å². The average molecular weight is 230 g/mol. The van der Waals surface area contributed by atoms with Crippen LogP contribution < -0.4 is 0 Å². The summed E-state index contributed by atoms with van der Waals surface area (Å²) in [5.74, 6) is 0. The molecule has 0 spiro atoms. The Labute approximate surface area is 94.5 Å². The molecular weight excluding hydrogens is 212 g/mol. The Morgan fingerprint density at radius 1 is 1.47 bits per heavy atom. The molecule has 0 saturated carbocycles. The zero-order valence-corrected chi connectivity index (χ0v) is 9.87. The van der Waals surface area contributed by atoms with Crippen LogP contribution >= 0.6 is 11.3 Å². The molecule has 0 aliphatic heterocycles. The summed E-state index contributed by atoms with van der Waals surface area (Å²) < 4.78 is 5.19. The minimum absolute atomic E-state index is 0.100. The molecule has 1 aromatic rings. The van der Waals surface area contributed by atoms with E-state index in [9.17, 15) is 0 Å². The van der Waals surface area contributed by atoms with Crippen molar-refractivity contribution in [3.05, 3.63) is 16.6 Å². The maximum atomic E-state index is 8.51. The molecule has 86 valence electrons. The summed E-state index contributed by atoms with van der Waals surface area (Å²) in [6.07, 6.45) is 2.83. The number of rotatable bonds is 8. The number of aliphatic hydroxyl groups is 1. The van der Waals surface area contributed by atoms with Crippen LogP contribution in [0.3, 0.4) is 0 Å². The van der Waals surface area contributed by atoms with Crippen molar-refractivity contribution in [1.29, 1.82) is 0 Å². The Morgan fingerprint density at radius 3 is 3.00 bits per heavy atom. The minimum Gasteiger partial charge on any atom is -0.394 e. The molecule has 0 unspecified atom stereocenters. The molecule has 0 saturated heterocycles. The maximum Gasteiger partial charge on any atom is 0.0937 e. The Morgan fingerprint density at radius 2 is 2.33 bits per heavy atom. The molecule has 15 heavy (non-hydrogen) atoms. The van der Waals surface area contributed by atoms with Gasteiger partial charge in [0, 0.05) is 31.1 Å². The van der Waals surface area contributed by atoms with Crippen LogP contribution in [0.1, 0.15) is 5.01 Å². The van der Waals surface area contributed by atoms with Gasteiger partial charge in [-0.05, 0) is 7.05 Å². The normalized spacial score (nSPS) is 11.1. The second-order valence-electron chi connectivity index (χ2n) is 3.32. The number of aliphatic hydroxyl groups excluding tert-OH is 1. The molecule has 0 bridgehead atoms. The summed E-state index contributed by atoms with van der Waals surface area (Å²) in [6, 6.07) is 0. The molecule has 1 heterocycles. The fraction of sp³-hybridized carbons (Fsp3) is 0.700. The molecule has 0 amide bonds. The first kappa shape index (κ1) is 12.6. The van der Waals surface area contributed by atoms with Gasteiger partial charge in [0.1, 0.15) is 0 Å². The van der Waals surface area contributed by atoms with Gasteiger partial charge in [-0.3, -0.25) is 0 Å². The van der Waals surface area contributed by atoms with Crippen LogP contribution in [-0.4, -0.2) is 54.9 Å². The van der Waals surface area contributed by atoms with Crippen molar-refractivity contribution in [2.75, 3.05) is 40.0 Å². The average Bonchev–Trinajstić information content (AvgIpc) is 2.74. The first-order chi connectivity index (χ1) is 7.33. The van der Waals surface area contributed by atoms with Crippen molar-refractivity contribution in [2.45, 2.75) is 6.42 Å². The second-order valence-corrected chi connectivity index (χ2v) is 4.29. The highest BCUT2D eigenvalue weighted by Crippen LogP contribution is 2.04. The SMILES string of the molecule is CN(CCOCCO)CCc1nccs1. The molecule has 0 fully saturated rings. The van der Waals surface area contributed by atoms with Gasteiger partial charge < -0.3 is 14.7 Å². The van der Waals surface area contributed by atoms with E-state index in [4.69, 9.17) is 9.84 Å². The predicted octanol–water partition coefficient (Wildman–Crippen LogP) is 0.626. The van der Waals surface area contributed by atoms with Crippen LogP contribution in [0.4, 0.5) is 0 Å². The molecule has 5 heteroatoms. The van der Waals surface area contributed by atoms with Crippen molar-refractivity contribution in [2.24, 2.45) is 0 Å². The van der Waals surface area contributed by atoms with Crippen molar-refractivity contribution in [3.8, 4) is 0 Å². The summed E-state index contributed by atoms with van der Waals surface area (Å²) in [6.45, 7) is 3.10. The minimum atomic E-state index is 0.100. The lowest BCUT2D eigenvalue weighted by molar-refractivity contribution is 0.0786. The first-order valence-corrected chi connectivity index (χ1v) is 5.96. The van der Waals surface area contributed by atoms with Crippen molar-refractivity contribution in [3.63, 3.8) is 0 Å². The molecule has 0 radical (unpaired) electrons. The fourth-order valence-electron chi connectivity index (χ4n) is 1.16. The third-order valence-corrected chi connectivity index (χ3v) is 2.88. The highest BCUT2D eigenvalue weighted by molar-refractivity contribution is 7.09. The largest absolute Gasteiger partial charge is 0.394 e. The van der Waals surface area contributed by atoms with Crippen LogP contribution in [0, 0.1) is 0 Å². The van der Waals surface area contributed by atoms with Crippen LogP contribution in [0.25, 0.3) is 0 Å². The van der Waals surface area contributed by atoms with Gasteiger partial charge in [0.05, 0.1) is 24.8 Å². The monoisotopic (exact) mass is 230 g/mol. The molecule has 1 rings (SSSR count). The predicted molar refractivity (Wildman–Crippen MR) is 61.2 cm³/mol. The van der Waals surface area contributed by atoms with Gasteiger partial charge in [-0.2, -0.15) is 0 Å². The van der Waals surface area contributed by atoms with Gasteiger partial charge in [-0.15, -0.1) is 11.3 Å². The summed E-state index contributed by atoms with van der Waals surface area (Å²) in [7, 11) is 2.07. The van der Waals surface area contributed by atoms with Crippen molar-refractivity contribution < 1.29 is 9.84 Å². The molecule has 4 nitrogen and oxygen atoms in total. The van der Waals surface area contributed by atoms with E-state index in [2.05, 4.69) is 16.9 Å². The maximum absolute atomic E-state index is 8.51. The third kappa shape index (κ3) is 5.84. The molecule has 1 N–H and O–H groups in total. The number of aromatic nitrogens is 1. The Hall–Kier alpha value is -0.490. The Kier molecular flexibility index (Phi) is 6.50. The van der Waals surface area contributed by atoms with E-state index in [-0.39, 0.29) is 6.61 Å². The van der Waals surface area contributed by atoms with Crippen LogP contribution in [0.15, 0.2) is 11.6 Å². The molecule has 1 aromatic heterocycles. The van der Waals surface area contributed by atoms with Crippen LogP contribution in [0.2, 0.25) is 0 Å². The fourth-order valence-corrected chi connectivity index (χ4v) is 1.77. The summed E-state index contributed by atoms with van der Waals surface area (Å²) in [4.78, 5) is 6.43. The number of nitrogens with zero attached hydrogens (tertiary/aromatic N) is 2. The number of hydrogen-bond donors (Lipinski definition) is 1. The van der Waals surface area contributed by atoms with Gasteiger partial charge in [0.25, 0.3) is 0 Å². The first-order valence-electron chi connectivity index (χ1n) is 5.08. The van der Waals surface area contributed by atoms with E-state index in [1.807, 2.05) is 11.6 Å². The molecule has 0 aromatic carbocycles. The van der Waals surface area contributed by atoms with E-state index in [0.717, 1.165) is 19.5 Å². The van der Waals surface area contributed by atoms with Crippen molar-refractivity contribution >= 4 is 11.3 Å². The third-order valence-electron chi connectivity index (χ3n) is 2.04.